The van der Waals surface area contributed by atoms with E-state index in [-0.39, 0.29) is 16.6 Å². The summed E-state index contributed by atoms with van der Waals surface area (Å²) in [6.45, 7) is 5.20. The van der Waals surface area contributed by atoms with Crippen LogP contribution in [0.5, 0.6) is 0 Å². The lowest BCUT2D eigenvalue weighted by atomic mass is 10.0. The van der Waals surface area contributed by atoms with Gasteiger partial charge in [-0.3, -0.25) is 19.4 Å². The molecule has 0 fully saturated rings. The number of anilines is 1. The zero-order valence-corrected chi connectivity index (χ0v) is 15.9. The van der Waals surface area contributed by atoms with Crippen LogP contribution in [0.1, 0.15) is 35.3 Å². The summed E-state index contributed by atoms with van der Waals surface area (Å²) in [7, 11) is 0. The van der Waals surface area contributed by atoms with Gasteiger partial charge in [0.25, 0.3) is 11.1 Å². The average Bonchev–Trinajstić information content (AvgIpc) is 3.00. The van der Waals surface area contributed by atoms with E-state index < -0.39 is 5.56 Å². The van der Waals surface area contributed by atoms with Crippen molar-refractivity contribution < 1.29 is 0 Å². The monoisotopic (exact) mass is 385 g/mol. The van der Waals surface area contributed by atoms with Crippen molar-refractivity contribution in [1.29, 1.82) is 0 Å². The number of hydrogen-bond acceptors (Lipinski definition) is 4. The molecule has 8 heteroatoms. The molecule has 3 heterocycles. The third-order valence-corrected chi connectivity index (χ3v) is 5.61. The number of fused-ring (bicyclic) bond motifs is 1. The fourth-order valence-electron chi connectivity index (χ4n) is 3.79. The molecule has 1 aliphatic rings. The van der Waals surface area contributed by atoms with Crippen molar-refractivity contribution in [1.82, 2.24) is 20.0 Å². The minimum absolute atomic E-state index is 0.0269. The molecule has 140 valence electrons. The highest BCUT2D eigenvalue weighted by molar-refractivity contribution is 6.32. The molecule has 0 saturated heterocycles. The Kier molecular flexibility index (Phi) is 4.39. The van der Waals surface area contributed by atoms with Crippen molar-refractivity contribution in [3.05, 3.63) is 78.6 Å². The third-order valence-electron chi connectivity index (χ3n) is 5.25. The van der Waals surface area contributed by atoms with Crippen molar-refractivity contribution in [3.8, 4) is 0 Å². The Labute approximate surface area is 160 Å². The van der Waals surface area contributed by atoms with Crippen LogP contribution in [-0.4, -0.2) is 26.5 Å². The zero-order chi connectivity index (χ0) is 19.1. The van der Waals surface area contributed by atoms with Crippen LogP contribution in [0.25, 0.3) is 0 Å². The second-order valence-corrected chi connectivity index (χ2v) is 7.22. The summed E-state index contributed by atoms with van der Waals surface area (Å²) < 4.78 is 1.97. The summed E-state index contributed by atoms with van der Waals surface area (Å²) >= 11 is 6.13. The molecule has 0 radical (unpaired) electrons. The minimum Gasteiger partial charge on any atom is -0.364 e. The highest BCUT2D eigenvalue weighted by atomic mass is 35.5. The molecule has 0 spiro atoms. The molecule has 1 aliphatic heterocycles. The van der Waals surface area contributed by atoms with E-state index in [4.69, 9.17) is 11.6 Å². The second-order valence-electron chi connectivity index (χ2n) is 6.84. The van der Waals surface area contributed by atoms with Gasteiger partial charge in [0.1, 0.15) is 5.02 Å². The first kappa shape index (κ1) is 17.6. The minimum atomic E-state index is -0.431. The summed E-state index contributed by atoms with van der Waals surface area (Å²) in [5, 5.41) is 9.23. The SMILES string of the molecule is Cc1ccccc1[C@H](C)n1[nH]c(=O)c2c1CCN(c1cn[nH]c(=O)c1Cl)C2. The number of aromatic nitrogens is 4. The van der Waals surface area contributed by atoms with E-state index in [0.29, 0.717) is 30.8 Å². The van der Waals surface area contributed by atoms with Crippen molar-refractivity contribution in [2.75, 3.05) is 11.4 Å². The van der Waals surface area contributed by atoms with E-state index in [0.717, 1.165) is 5.69 Å². The number of rotatable bonds is 3. The summed E-state index contributed by atoms with van der Waals surface area (Å²) in [6, 6.07) is 8.21. The van der Waals surface area contributed by atoms with Crippen LogP contribution in [0.3, 0.4) is 0 Å². The Morgan fingerprint density at radius 2 is 2.00 bits per heavy atom. The van der Waals surface area contributed by atoms with Crippen LogP contribution < -0.4 is 16.0 Å². The standard InChI is InChI=1S/C19H20ClN5O2/c1-11-5-3-4-6-13(11)12(2)25-15-7-8-24(10-14(15)18(26)23-25)16-9-21-22-19(27)17(16)20/h3-6,9,12H,7-8,10H2,1-2H3,(H,22,27)(H,23,26)/t12-/m0/s1. The van der Waals surface area contributed by atoms with E-state index in [1.54, 1.807) is 0 Å². The first-order valence-corrected chi connectivity index (χ1v) is 9.21. The lowest BCUT2D eigenvalue weighted by molar-refractivity contribution is 0.524. The molecule has 2 aromatic heterocycles. The van der Waals surface area contributed by atoms with E-state index >= 15 is 0 Å². The van der Waals surface area contributed by atoms with E-state index in [9.17, 15) is 9.59 Å². The Morgan fingerprint density at radius 3 is 2.78 bits per heavy atom. The second kappa shape index (κ2) is 6.74. The molecule has 4 rings (SSSR count). The smallest absolute Gasteiger partial charge is 0.285 e. The number of nitrogens with one attached hydrogen (secondary N) is 2. The first-order valence-electron chi connectivity index (χ1n) is 8.83. The van der Waals surface area contributed by atoms with Crippen LogP contribution in [0.15, 0.2) is 40.1 Å². The molecule has 27 heavy (non-hydrogen) atoms. The van der Waals surface area contributed by atoms with Gasteiger partial charge in [-0.15, -0.1) is 0 Å². The van der Waals surface area contributed by atoms with Crippen molar-refractivity contribution in [2.45, 2.75) is 32.9 Å². The van der Waals surface area contributed by atoms with E-state index in [1.165, 1.54) is 17.3 Å². The zero-order valence-electron chi connectivity index (χ0n) is 15.1. The largest absolute Gasteiger partial charge is 0.364 e. The van der Waals surface area contributed by atoms with Crippen LogP contribution in [0.2, 0.25) is 5.02 Å². The number of aryl methyl sites for hydroxylation is 1. The van der Waals surface area contributed by atoms with Crippen LogP contribution >= 0.6 is 11.6 Å². The number of aromatic amines is 2. The normalized spacial score (nSPS) is 14.9. The topological polar surface area (TPSA) is 86.8 Å². The number of H-pyrrole nitrogens is 2. The van der Waals surface area contributed by atoms with Gasteiger partial charge in [-0.2, -0.15) is 5.10 Å². The van der Waals surface area contributed by atoms with Gasteiger partial charge in [-0.05, 0) is 25.0 Å². The van der Waals surface area contributed by atoms with E-state index in [1.807, 2.05) is 21.7 Å². The Bertz CT molecular complexity index is 1110. The number of hydrogen-bond donors (Lipinski definition) is 2. The summed E-state index contributed by atoms with van der Waals surface area (Å²) in [6.07, 6.45) is 2.20. The summed E-state index contributed by atoms with van der Waals surface area (Å²) in [5.41, 5.74) is 4.08. The molecule has 0 aliphatic carbocycles. The van der Waals surface area contributed by atoms with E-state index in [2.05, 4.69) is 41.3 Å². The lowest BCUT2D eigenvalue weighted by Gasteiger charge is -2.30. The highest BCUT2D eigenvalue weighted by Crippen LogP contribution is 2.29. The molecule has 1 aromatic carbocycles. The van der Waals surface area contributed by atoms with Crippen molar-refractivity contribution in [2.24, 2.45) is 0 Å². The molecule has 0 amide bonds. The van der Waals surface area contributed by atoms with Gasteiger partial charge in [0.2, 0.25) is 0 Å². The van der Waals surface area contributed by atoms with Gasteiger partial charge in [0.05, 0.1) is 30.0 Å². The molecule has 1 atom stereocenters. The van der Waals surface area contributed by atoms with Gasteiger partial charge >= 0.3 is 0 Å². The molecular weight excluding hydrogens is 366 g/mol. The lowest BCUT2D eigenvalue weighted by Crippen LogP contribution is -2.34. The Morgan fingerprint density at radius 1 is 1.22 bits per heavy atom. The predicted octanol–water partition coefficient (Wildman–Crippen LogP) is 2.39. The van der Waals surface area contributed by atoms with Gasteiger partial charge in [-0.25, -0.2) is 5.10 Å². The fraction of sp³-hybridized carbons (Fsp3) is 0.316. The number of nitrogens with zero attached hydrogens (tertiary/aromatic N) is 3. The molecule has 0 saturated carbocycles. The fourth-order valence-corrected chi connectivity index (χ4v) is 4.00. The van der Waals surface area contributed by atoms with Crippen LogP contribution in [0.4, 0.5) is 5.69 Å². The van der Waals surface area contributed by atoms with Gasteiger partial charge in [0, 0.05) is 18.7 Å². The van der Waals surface area contributed by atoms with Gasteiger partial charge in [0.15, 0.2) is 0 Å². The van der Waals surface area contributed by atoms with Gasteiger partial charge < -0.3 is 4.90 Å². The molecule has 7 nitrogen and oxygen atoms in total. The molecule has 3 aromatic rings. The summed E-state index contributed by atoms with van der Waals surface area (Å²) in [4.78, 5) is 26.3. The van der Waals surface area contributed by atoms with Crippen molar-refractivity contribution >= 4 is 17.3 Å². The first-order chi connectivity index (χ1) is 13.0. The maximum atomic E-state index is 12.6. The van der Waals surface area contributed by atoms with Crippen LogP contribution in [0, 0.1) is 6.92 Å². The Hall–Kier alpha value is -2.80. The van der Waals surface area contributed by atoms with Crippen LogP contribution in [-0.2, 0) is 13.0 Å². The molecule has 0 bridgehead atoms. The Balaban J connectivity index is 1.71. The van der Waals surface area contributed by atoms with Crippen molar-refractivity contribution in [3.63, 3.8) is 0 Å². The third kappa shape index (κ3) is 2.98. The predicted molar refractivity (Wildman–Crippen MR) is 105 cm³/mol. The maximum Gasteiger partial charge on any atom is 0.285 e. The highest BCUT2D eigenvalue weighted by Gasteiger charge is 2.27. The average molecular weight is 386 g/mol. The summed E-state index contributed by atoms with van der Waals surface area (Å²) in [5.74, 6) is 0. The quantitative estimate of drug-likeness (QED) is 0.724. The maximum absolute atomic E-state index is 12.6. The molecule has 2 N–H and O–H groups in total. The van der Waals surface area contributed by atoms with Gasteiger partial charge in [-0.1, -0.05) is 35.9 Å². The molecular formula is C19H20ClN5O2. The number of halogens is 1. The molecule has 0 unspecified atom stereocenters. The number of benzene rings is 1.